The number of benzene rings is 1. The number of aryl methyl sites for hydroxylation is 1. The van der Waals surface area contributed by atoms with E-state index in [1.165, 1.54) is 0 Å². The average Bonchev–Trinajstić information content (AvgIpc) is 3.24. The Kier molecular flexibility index (Phi) is 3.20. The Bertz CT molecular complexity index is 992. The van der Waals surface area contributed by atoms with E-state index in [9.17, 15) is 4.79 Å². The van der Waals surface area contributed by atoms with E-state index >= 15 is 0 Å². The van der Waals surface area contributed by atoms with Gasteiger partial charge in [0.15, 0.2) is 5.82 Å². The molecule has 0 aliphatic carbocycles. The number of likely N-dealkylation sites (tertiary alicyclic amines) is 1. The van der Waals surface area contributed by atoms with Crippen LogP contribution in [0.3, 0.4) is 0 Å². The maximum atomic E-state index is 12.5. The van der Waals surface area contributed by atoms with E-state index < -0.39 is 5.60 Å². The minimum atomic E-state index is -0.477. The fraction of sp³-hybridized carbons (Fsp3) is 0.263. The van der Waals surface area contributed by atoms with Crippen LogP contribution in [0.2, 0.25) is 0 Å². The smallest absolute Gasteiger partial charge is 0.274 e. The zero-order chi connectivity index (χ0) is 17.7. The molecule has 26 heavy (non-hydrogen) atoms. The molecule has 1 spiro atoms. The summed E-state index contributed by atoms with van der Waals surface area (Å²) in [7, 11) is 1.85. The molecule has 1 amide bonds. The summed E-state index contributed by atoms with van der Waals surface area (Å²) in [6.45, 7) is 1.45. The second-order valence-electron chi connectivity index (χ2n) is 6.79. The second-order valence-corrected chi connectivity index (χ2v) is 6.79. The van der Waals surface area contributed by atoms with Crippen molar-refractivity contribution in [2.24, 2.45) is 7.05 Å². The summed E-state index contributed by atoms with van der Waals surface area (Å²) in [6.07, 6.45) is 5.20. The van der Waals surface area contributed by atoms with Gasteiger partial charge in [0.1, 0.15) is 11.3 Å². The molecular weight excluding hydrogens is 330 g/mol. The van der Waals surface area contributed by atoms with Gasteiger partial charge in [-0.15, -0.1) is 0 Å². The summed E-state index contributed by atoms with van der Waals surface area (Å²) >= 11 is 0. The van der Waals surface area contributed by atoms with Gasteiger partial charge < -0.3 is 14.2 Å². The SMILES string of the molecule is Cn1cnc(C(=O)N2CC3(C2)OCc2nc(-c4ccccc4)ncc23)c1. The minimum Gasteiger partial charge on any atom is -0.360 e. The molecule has 7 nitrogen and oxygen atoms in total. The molecule has 0 atom stereocenters. The number of imidazole rings is 1. The van der Waals surface area contributed by atoms with E-state index in [1.807, 2.05) is 43.6 Å². The highest BCUT2D eigenvalue weighted by Crippen LogP contribution is 2.43. The molecule has 4 heterocycles. The van der Waals surface area contributed by atoms with Crippen LogP contribution in [0, 0.1) is 0 Å². The Morgan fingerprint density at radius 3 is 2.73 bits per heavy atom. The number of ether oxygens (including phenoxy) is 1. The van der Waals surface area contributed by atoms with Crippen molar-refractivity contribution in [3.8, 4) is 11.4 Å². The first-order chi connectivity index (χ1) is 12.6. The third kappa shape index (κ3) is 2.24. The monoisotopic (exact) mass is 347 g/mol. The lowest BCUT2D eigenvalue weighted by Gasteiger charge is -2.46. The van der Waals surface area contributed by atoms with Gasteiger partial charge in [-0.3, -0.25) is 4.79 Å². The van der Waals surface area contributed by atoms with Crippen LogP contribution in [0.15, 0.2) is 49.1 Å². The van der Waals surface area contributed by atoms with Crippen LogP contribution in [0.5, 0.6) is 0 Å². The normalized spacial score (nSPS) is 17.2. The number of fused-ring (bicyclic) bond motifs is 2. The summed E-state index contributed by atoms with van der Waals surface area (Å²) < 4.78 is 7.80. The van der Waals surface area contributed by atoms with Gasteiger partial charge in [0.2, 0.25) is 0 Å². The first-order valence-electron chi connectivity index (χ1n) is 8.48. The van der Waals surface area contributed by atoms with E-state index in [-0.39, 0.29) is 5.91 Å². The number of amides is 1. The molecule has 7 heteroatoms. The number of hydrogen-bond acceptors (Lipinski definition) is 5. The van der Waals surface area contributed by atoms with Gasteiger partial charge in [-0.2, -0.15) is 0 Å². The lowest BCUT2D eigenvalue weighted by molar-refractivity contribution is -0.126. The fourth-order valence-electron chi connectivity index (χ4n) is 3.58. The predicted molar refractivity (Wildman–Crippen MR) is 93.0 cm³/mol. The molecule has 0 bridgehead atoms. The molecule has 5 rings (SSSR count). The van der Waals surface area contributed by atoms with Crippen molar-refractivity contribution in [1.82, 2.24) is 24.4 Å². The van der Waals surface area contributed by atoms with Crippen molar-refractivity contribution >= 4 is 5.91 Å². The van der Waals surface area contributed by atoms with Gasteiger partial charge in [0.05, 0.1) is 31.7 Å². The van der Waals surface area contributed by atoms with E-state index in [0.29, 0.717) is 31.2 Å². The van der Waals surface area contributed by atoms with Gasteiger partial charge in [-0.25, -0.2) is 15.0 Å². The van der Waals surface area contributed by atoms with Crippen molar-refractivity contribution in [3.05, 3.63) is 66.0 Å². The van der Waals surface area contributed by atoms with E-state index in [0.717, 1.165) is 16.8 Å². The first kappa shape index (κ1) is 15.2. The molecule has 1 saturated heterocycles. The van der Waals surface area contributed by atoms with Crippen molar-refractivity contribution in [1.29, 1.82) is 0 Å². The van der Waals surface area contributed by atoms with Gasteiger partial charge in [0, 0.05) is 30.6 Å². The van der Waals surface area contributed by atoms with Crippen molar-refractivity contribution < 1.29 is 9.53 Å². The Morgan fingerprint density at radius 2 is 2.00 bits per heavy atom. The van der Waals surface area contributed by atoms with Crippen LogP contribution in [0.1, 0.15) is 21.7 Å². The summed E-state index contributed by atoms with van der Waals surface area (Å²) in [5.41, 5.74) is 2.86. The van der Waals surface area contributed by atoms with E-state index in [2.05, 4.69) is 15.0 Å². The Labute approximate surface area is 150 Å². The summed E-state index contributed by atoms with van der Waals surface area (Å²) in [5, 5.41) is 0. The number of rotatable bonds is 2. The number of carbonyl (C=O) groups is 1. The molecule has 1 aromatic carbocycles. The molecule has 0 unspecified atom stereocenters. The quantitative estimate of drug-likeness (QED) is 0.706. The van der Waals surface area contributed by atoms with Crippen LogP contribution in [0.4, 0.5) is 0 Å². The van der Waals surface area contributed by atoms with Gasteiger partial charge in [-0.05, 0) is 0 Å². The van der Waals surface area contributed by atoms with Crippen molar-refractivity contribution in [2.45, 2.75) is 12.2 Å². The second kappa shape index (κ2) is 5.47. The van der Waals surface area contributed by atoms with Crippen LogP contribution in [0.25, 0.3) is 11.4 Å². The van der Waals surface area contributed by atoms with Crippen molar-refractivity contribution in [3.63, 3.8) is 0 Å². The Balaban J connectivity index is 1.37. The zero-order valence-corrected chi connectivity index (χ0v) is 14.3. The predicted octanol–water partition coefficient (Wildman–Crippen LogP) is 1.76. The molecule has 1 fully saturated rings. The van der Waals surface area contributed by atoms with E-state index in [1.54, 1.807) is 22.0 Å². The topological polar surface area (TPSA) is 73.1 Å². The number of aromatic nitrogens is 4. The van der Waals surface area contributed by atoms with Gasteiger partial charge in [-0.1, -0.05) is 30.3 Å². The van der Waals surface area contributed by atoms with Gasteiger partial charge >= 0.3 is 0 Å². The molecule has 0 N–H and O–H groups in total. The fourth-order valence-corrected chi connectivity index (χ4v) is 3.58. The molecule has 0 saturated carbocycles. The van der Waals surface area contributed by atoms with Crippen molar-refractivity contribution in [2.75, 3.05) is 13.1 Å². The molecule has 2 aliphatic rings. The zero-order valence-electron chi connectivity index (χ0n) is 14.3. The lowest BCUT2D eigenvalue weighted by Crippen LogP contribution is -2.61. The largest absolute Gasteiger partial charge is 0.360 e. The third-order valence-electron chi connectivity index (χ3n) is 4.98. The molecule has 2 aliphatic heterocycles. The van der Waals surface area contributed by atoms with Crippen LogP contribution in [-0.2, 0) is 24.0 Å². The van der Waals surface area contributed by atoms with Gasteiger partial charge in [0.25, 0.3) is 5.91 Å². The Morgan fingerprint density at radius 1 is 1.19 bits per heavy atom. The third-order valence-corrected chi connectivity index (χ3v) is 4.98. The van der Waals surface area contributed by atoms with E-state index in [4.69, 9.17) is 4.74 Å². The average molecular weight is 347 g/mol. The minimum absolute atomic E-state index is 0.0740. The number of carbonyl (C=O) groups excluding carboxylic acids is 1. The summed E-state index contributed by atoms with van der Waals surface area (Å²) in [6, 6.07) is 9.89. The highest BCUT2D eigenvalue weighted by Gasteiger charge is 2.52. The molecule has 2 aromatic heterocycles. The molecule has 3 aromatic rings. The Hall–Kier alpha value is -3.06. The standard InChI is InChI=1S/C19H17N5O2/c1-23-8-15(21-12-23)18(25)24-10-19(11-24)14-7-20-17(22-16(14)9-26-19)13-5-3-2-4-6-13/h2-8,12H,9-11H2,1H3. The number of hydrogen-bond donors (Lipinski definition) is 0. The highest BCUT2D eigenvalue weighted by molar-refractivity contribution is 5.93. The first-order valence-corrected chi connectivity index (χ1v) is 8.48. The molecular formula is C19H17N5O2. The molecule has 0 radical (unpaired) electrons. The maximum absolute atomic E-state index is 12.5. The van der Waals surface area contributed by atoms with Crippen LogP contribution < -0.4 is 0 Å². The number of nitrogens with zero attached hydrogens (tertiary/aromatic N) is 5. The van der Waals surface area contributed by atoms with Crippen LogP contribution in [-0.4, -0.2) is 43.4 Å². The highest BCUT2D eigenvalue weighted by atomic mass is 16.5. The summed E-state index contributed by atoms with van der Waals surface area (Å²) in [4.78, 5) is 27.6. The molecule has 130 valence electrons. The van der Waals surface area contributed by atoms with Crippen LogP contribution >= 0.6 is 0 Å². The lowest BCUT2D eigenvalue weighted by atomic mass is 9.87. The summed E-state index contributed by atoms with van der Waals surface area (Å²) in [5.74, 6) is 0.626. The maximum Gasteiger partial charge on any atom is 0.274 e.